The summed E-state index contributed by atoms with van der Waals surface area (Å²) in [7, 11) is 0. The number of nitrogens with one attached hydrogen (secondary N) is 1. The van der Waals surface area contributed by atoms with Gasteiger partial charge in [-0.25, -0.2) is 4.98 Å². The first-order chi connectivity index (χ1) is 14.2. The summed E-state index contributed by atoms with van der Waals surface area (Å²) in [6, 6.07) is 14.3. The van der Waals surface area contributed by atoms with Gasteiger partial charge in [-0.1, -0.05) is 18.2 Å². The minimum Gasteiger partial charge on any atom is -0.487 e. The molecule has 1 atom stereocenters. The first-order valence-electron chi connectivity index (χ1n) is 10.3. The Morgan fingerprint density at radius 1 is 1.14 bits per heavy atom. The number of hydrogen-bond donors (Lipinski definition) is 1. The Kier molecular flexibility index (Phi) is 4.72. The van der Waals surface area contributed by atoms with Crippen molar-refractivity contribution < 1.29 is 9.53 Å². The number of hydrogen-bond acceptors (Lipinski definition) is 4. The zero-order valence-corrected chi connectivity index (χ0v) is 16.5. The van der Waals surface area contributed by atoms with E-state index < -0.39 is 0 Å². The van der Waals surface area contributed by atoms with Crippen molar-refractivity contribution in [1.82, 2.24) is 19.6 Å². The third-order valence-corrected chi connectivity index (χ3v) is 6.19. The van der Waals surface area contributed by atoms with E-state index >= 15 is 0 Å². The second-order valence-electron chi connectivity index (χ2n) is 8.37. The van der Waals surface area contributed by atoms with Gasteiger partial charge < -0.3 is 14.5 Å². The molecule has 6 nitrogen and oxygen atoms in total. The number of rotatable bonds is 5. The predicted octanol–water partition coefficient (Wildman–Crippen LogP) is 3.02. The largest absolute Gasteiger partial charge is 0.487 e. The molecule has 1 unspecified atom stereocenters. The van der Waals surface area contributed by atoms with Gasteiger partial charge in [0, 0.05) is 43.9 Å². The molecule has 0 saturated carbocycles. The van der Waals surface area contributed by atoms with E-state index in [9.17, 15) is 4.79 Å². The number of ether oxygens (including phenoxy) is 1. The number of pyridine rings is 1. The molecule has 150 valence electrons. The van der Waals surface area contributed by atoms with Gasteiger partial charge in [-0.3, -0.25) is 9.69 Å². The van der Waals surface area contributed by atoms with Gasteiger partial charge in [-0.05, 0) is 49.2 Å². The molecule has 0 bridgehead atoms. The van der Waals surface area contributed by atoms with Gasteiger partial charge >= 0.3 is 0 Å². The number of carbonyl (C=O) groups excluding carboxylic acids is 1. The van der Waals surface area contributed by atoms with Crippen LogP contribution in [0.25, 0.3) is 5.65 Å². The van der Waals surface area contributed by atoms with Crippen LogP contribution in [0.3, 0.4) is 0 Å². The quantitative estimate of drug-likeness (QED) is 0.728. The van der Waals surface area contributed by atoms with Crippen LogP contribution in [-0.4, -0.2) is 39.8 Å². The molecule has 0 radical (unpaired) electrons. The van der Waals surface area contributed by atoms with Crippen LogP contribution < -0.4 is 10.1 Å². The number of benzene rings is 1. The summed E-state index contributed by atoms with van der Waals surface area (Å²) in [6.45, 7) is 4.41. The Morgan fingerprint density at radius 3 is 2.83 bits per heavy atom. The van der Waals surface area contributed by atoms with Crippen LogP contribution in [0.15, 0.2) is 54.9 Å². The Morgan fingerprint density at radius 2 is 2.03 bits per heavy atom. The van der Waals surface area contributed by atoms with E-state index in [0.717, 1.165) is 49.7 Å². The minimum atomic E-state index is 0.202. The molecule has 2 fully saturated rings. The highest BCUT2D eigenvalue weighted by Gasteiger charge is 2.40. The molecule has 6 heteroatoms. The van der Waals surface area contributed by atoms with Gasteiger partial charge in [0.25, 0.3) is 0 Å². The summed E-state index contributed by atoms with van der Waals surface area (Å²) in [5.74, 6) is 1.06. The van der Waals surface area contributed by atoms with E-state index in [0.29, 0.717) is 13.0 Å². The average Bonchev–Trinajstić information content (AvgIpc) is 3.34. The highest BCUT2D eigenvalue weighted by Crippen LogP contribution is 2.37. The maximum Gasteiger partial charge on any atom is 0.220 e. The van der Waals surface area contributed by atoms with E-state index in [1.54, 1.807) is 0 Å². The minimum absolute atomic E-state index is 0.202. The standard InChI is InChI=1S/C23H26N4O2/c28-22-8-9-23(16-24-22)10-12-26(17-23)13-18-4-6-20(7-5-18)29-15-19-14-27-11-2-1-3-21(27)25-19/h1-7,11,14H,8-10,12-13,15-17H2,(H,24,28). The number of piperidine rings is 1. The van der Waals surface area contributed by atoms with Gasteiger partial charge in [0.2, 0.25) is 5.91 Å². The summed E-state index contributed by atoms with van der Waals surface area (Å²) >= 11 is 0. The Bertz CT molecular complexity index is 968. The number of imidazole rings is 1. The number of carbonyl (C=O) groups is 1. The van der Waals surface area contributed by atoms with Crippen molar-refractivity contribution in [3.05, 3.63) is 66.1 Å². The SMILES string of the molecule is O=C1CCC2(CCN(Cc3ccc(OCc4cn5ccccc5n4)cc3)C2)CN1. The lowest BCUT2D eigenvalue weighted by atomic mass is 9.80. The Hall–Kier alpha value is -2.86. The van der Waals surface area contributed by atoms with Gasteiger partial charge in [0.1, 0.15) is 18.0 Å². The fourth-order valence-corrected chi connectivity index (χ4v) is 4.52. The lowest BCUT2D eigenvalue weighted by Crippen LogP contribution is -2.44. The van der Waals surface area contributed by atoms with Crippen molar-refractivity contribution in [2.45, 2.75) is 32.4 Å². The van der Waals surface area contributed by atoms with Crippen molar-refractivity contribution in [3.63, 3.8) is 0 Å². The van der Waals surface area contributed by atoms with Crippen LogP contribution in [0, 0.1) is 5.41 Å². The lowest BCUT2D eigenvalue weighted by Gasteiger charge is -2.33. The lowest BCUT2D eigenvalue weighted by molar-refractivity contribution is -0.124. The third kappa shape index (κ3) is 3.98. The van der Waals surface area contributed by atoms with E-state index in [2.05, 4.69) is 27.3 Å². The van der Waals surface area contributed by atoms with Gasteiger partial charge in [0.05, 0.1) is 5.69 Å². The third-order valence-electron chi connectivity index (χ3n) is 6.19. The zero-order valence-electron chi connectivity index (χ0n) is 16.5. The summed E-state index contributed by atoms with van der Waals surface area (Å²) in [6.07, 6.45) is 6.86. The molecule has 1 N–H and O–H groups in total. The van der Waals surface area contributed by atoms with Crippen LogP contribution in [0.5, 0.6) is 5.75 Å². The maximum atomic E-state index is 11.5. The molecule has 1 amide bonds. The molecule has 2 aromatic heterocycles. The topological polar surface area (TPSA) is 58.9 Å². The van der Waals surface area contributed by atoms with Crippen molar-refractivity contribution >= 4 is 11.6 Å². The number of nitrogens with zero attached hydrogens (tertiary/aromatic N) is 3. The molecule has 2 aliphatic rings. The Balaban J connectivity index is 1.15. The van der Waals surface area contributed by atoms with Crippen molar-refractivity contribution in [3.8, 4) is 5.75 Å². The van der Waals surface area contributed by atoms with E-state index in [4.69, 9.17) is 4.74 Å². The van der Waals surface area contributed by atoms with Crippen LogP contribution in [-0.2, 0) is 17.9 Å². The number of amides is 1. The summed E-state index contributed by atoms with van der Waals surface area (Å²) < 4.78 is 7.92. The fourth-order valence-electron chi connectivity index (χ4n) is 4.52. The molecule has 3 aromatic rings. The normalized spacial score (nSPS) is 22.3. The highest BCUT2D eigenvalue weighted by atomic mass is 16.5. The highest BCUT2D eigenvalue weighted by molar-refractivity contribution is 5.76. The molecule has 0 aliphatic carbocycles. The van der Waals surface area contributed by atoms with Crippen molar-refractivity contribution in [1.29, 1.82) is 0 Å². The van der Waals surface area contributed by atoms with Crippen molar-refractivity contribution in [2.75, 3.05) is 19.6 Å². The van der Waals surface area contributed by atoms with Crippen LogP contribution in [0.2, 0.25) is 0 Å². The number of aromatic nitrogens is 2. The first-order valence-corrected chi connectivity index (χ1v) is 10.3. The summed E-state index contributed by atoms with van der Waals surface area (Å²) in [4.78, 5) is 18.5. The van der Waals surface area contributed by atoms with Crippen LogP contribution >= 0.6 is 0 Å². The fraction of sp³-hybridized carbons (Fsp3) is 0.391. The Labute approximate surface area is 170 Å². The van der Waals surface area contributed by atoms with E-state index in [1.165, 1.54) is 12.0 Å². The maximum absolute atomic E-state index is 11.5. The second-order valence-corrected chi connectivity index (χ2v) is 8.37. The number of fused-ring (bicyclic) bond motifs is 1. The molecule has 29 heavy (non-hydrogen) atoms. The van der Waals surface area contributed by atoms with Crippen LogP contribution in [0.1, 0.15) is 30.5 Å². The molecule has 4 heterocycles. The molecule has 2 saturated heterocycles. The molecule has 2 aliphatic heterocycles. The molecule has 1 aromatic carbocycles. The number of likely N-dealkylation sites (tertiary alicyclic amines) is 1. The zero-order chi connectivity index (χ0) is 19.7. The van der Waals surface area contributed by atoms with Gasteiger partial charge in [-0.15, -0.1) is 0 Å². The van der Waals surface area contributed by atoms with E-state index in [-0.39, 0.29) is 11.3 Å². The molecular formula is C23H26N4O2. The second kappa shape index (κ2) is 7.52. The van der Waals surface area contributed by atoms with Crippen molar-refractivity contribution in [2.24, 2.45) is 5.41 Å². The summed E-state index contributed by atoms with van der Waals surface area (Å²) in [5.41, 5.74) is 3.43. The molecular weight excluding hydrogens is 364 g/mol. The smallest absolute Gasteiger partial charge is 0.220 e. The van der Waals surface area contributed by atoms with Gasteiger partial charge in [0.15, 0.2) is 0 Å². The first kappa shape index (κ1) is 18.2. The molecule has 5 rings (SSSR count). The predicted molar refractivity (Wildman–Crippen MR) is 111 cm³/mol. The van der Waals surface area contributed by atoms with E-state index in [1.807, 2.05) is 47.1 Å². The van der Waals surface area contributed by atoms with Gasteiger partial charge in [-0.2, -0.15) is 0 Å². The monoisotopic (exact) mass is 390 g/mol. The summed E-state index contributed by atoms with van der Waals surface area (Å²) in [5, 5.41) is 3.05. The van der Waals surface area contributed by atoms with Crippen LogP contribution in [0.4, 0.5) is 0 Å². The average molecular weight is 390 g/mol. The molecule has 1 spiro atoms.